The fourth-order valence-electron chi connectivity index (χ4n) is 0.833. The van der Waals surface area contributed by atoms with E-state index >= 15 is 0 Å². The summed E-state index contributed by atoms with van der Waals surface area (Å²) in [6.45, 7) is 0.448. The Labute approximate surface area is 68.2 Å². The SMILES string of the molecule is CP(=O)(O)[C@H](CCN)C(F)(F)F. The van der Waals surface area contributed by atoms with E-state index in [2.05, 4.69) is 0 Å². The molecule has 0 aliphatic rings. The minimum Gasteiger partial charge on any atom is -0.344 e. The van der Waals surface area contributed by atoms with Gasteiger partial charge in [0.05, 0.1) is 0 Å². The monoisotopic (exact) mass is 205 g/mol. The molecule has 0 aromatic carbocycles. The van der Waals surface area contributed by atoms with Gasteiger partial charge in [-0.15, -0.1) is 0 Å². The third kappa shape index (κ3) is 3.56. The van der Waals surface area contributed by atoms with Crippen LogP contribution in [0, 0.1) is 0 Å². The lowest BCUT2D eigenvalue weighted by atomic mass is 10.3. The van der Waals surface area contributed by atoms with Crippen molar-refractivity contribution in [3.05, 3.63) is 0 Å². The summed E-state index contributed by atoms with van der Waals surface area (Å²) in [5.74, 6) is 0. The molecule has 7 heteroatoms. The first kappa shape index (κ1) is 11.9. The highest BCUT2D eigenvalue weighted by Crippen LogP contribution is 2.50. The molecule has 0 heterocycles. The van der Waals surface area contributed by atoms with E-state index in [1.54, 1.807) is 0 Å². The molecule has 74 valence electrons. The second kappa shape index (κ2) is 3.77. The van der Waals surface area contributed by atoms with Crippen molar-refractivity contribution in [3.63, 3.8) is 0 Å². The first-order chi connectivity index (χ1) is 5.19. The van der Waals surface area contributed by atoms with Gasteiger partial charge in [0.2, 0.25) is 7.37 Å². The molecule has 0 spiro atoms. The van der Waals surface area contributed by atoms with Crippen molar-refractivity contribution in [2.75, 3.05) is 13.2 Å². The van der Waals surface area contributed by atoms with E-state index in [0.717, 1.165) is 0 Å². The minimum atomic E-state index is -4.64. The predicted octanol–water partition coefficient (Wildman–Crippen LogP) is 1.17. The van der Waals surface area contributed by atoms with Gasteiger partial charge in [-0.05, 0) is 13.0 Å². The average Bonchev–Trinajstić information content (AvgIpc) is 1.77. The highest BCUT2D eigenvalue weighted by atomic mass is 31.2. The van der Waals surface area contributed by atoms with Crippen LogP contribution in [0.1, 0.15) is 6.42 Å². The van der Waals surface area contributed by atoms with Crippen molar-refractivity contribution in [1.82, 2.24) is 0 Å². The maximum absolute atomic E-state index is 12.0. The Morgan fingerprint density at radius 3 is 2.08 bits per heavy atom. The standard InChI is InChI=1S/C5H11F3NO2P/c1-12(10,11)4(2-3-9)5(6,7)8/h4H,2-3,9H2,1H3,(H,10,11)/t4-/m1/s1. The first-order valence-electron chi connectivity index (χ1n) is 3.26. The normalized spacial score (nSPS) is 20.2. The van der Waals surface area contributed by atoms with E-state index in [1.165, 1.54) is 0 Å². The average molecular weight is 205 g/mol. The minimum absolute atomic E-state index is 0.247. The van der Waals surface area contributed by atoms with Gasteiger partial charge in [-0.2, -0.15) is 13.2 Å². The smallest absolute Gasteiger partial charge is 0.344 e. The van der Waals surface area contributed by atoms with Gasteiger partial charge in [-0.25, -0.2) is 0 Å². The van der Waals surface area contributed by atoms with Gasteiger partial charge in [0.25, 0.3) is 0 Å². The highest BCUT2D eigenvalue weighted by Gasteiger charge is 2.47. The Bertz CT molecular complexity index is 188. The summed E-state index contributed by atoms with van der Waals surface area (Å²) in [5.41, 5.74) is 2.71. The molecule has 12 heavy (non-hydrogen) atoms. The molecule has 1 unspecified atom stereocenters. The number of rotatable bonds is 3. The zero-order chi connectivity index (χ0) is 9.99. The Balaban J connectivity index is 4.57. The van der Waals surface area contributed by atoms with Crippen molar-refractivity contribution in [3.8, 4) is 0 Å². The molecule has 0 saturated heterocycles. The number of hydrogen-bond donors (Lipinski definition) is 2. The lowest BCUT2D eigenvalue weighted by Gasteiger charge is -2.21. The van der Waals surface area contributed by atoms with E-state index in [4.69, 9.17) is 10.6 Å². The molecule has 0 rings (SSSR count). The van der Waals surface area contributed by atoms with Gasteiger partial charge in [0.15, 0.2) is 0 Å². The fourth-order valence-corrected chi connectivity index (χ4v) is 2.00. The van der Waals surface area contributed by atoms with Crippen LogP contribution in [-0.4, -0.2) is 29.9 Å². The van der Waals surface area contributed by atoms with Crippen LogP contribution in [0.2, 0.25) is 0 Å². The predicted molar refractivity (Wildman–Crippen MR) is 39.3 cm³/mol. The topological polar surface area (TPSA) is 63.3 Å². The van der Waals surface area contributed by atoms with Crippen molar-refractivity contribution in [2.24, 2.45) is 5.73 Å². The lowest BCUT2D eigenvalue weighted by molar-refractivity contribution is -0.132. The van der Waals surface area contributed by atoms with Crippen LogP contribution in [0.3, 0.4) is 0 Å². The second-order valence-electron chi connectivity index (χ2n) is 2.58. The van der Waals surface area contributed by atoms with Gasteiger partial charge in [-0.3, -0.25) is 4.57 Å². The number of hydrogen-bond acceptors (Lipinski definition) is 2. The van der Waals surface area contributed by atoms with Crippen molar-refractivity contribution < 1.29 is 22.6 Å². The molecule has 3 nitrogen and oxygen atoms in total. The summed E-state index contributed by atoms with van der Waals surface area (Å²) in [4.78, 5) is 8.72. The van der Waals surface area contributed by atoms with E-state index in [9.17, 15) is 17.7 Å². The maximum Gasteiger partial charge on any atom is 0.400 e. The Kier molecular flexibility index (Phi) is 3.75. The first-order valence-corrected chi connectivity index (χ1v) is 5.44. The molecule has 0 fully saturated rings. The van der Waals surface area contributed by atoms with E-state index in [0.29, 0.717) is 6.66 Å². The summed E-state index contributed by atoms with van der Waals surface area (Å²) in [5, 5.41) is 0. The van der Waals surface area contributed by atoms with Crippen LogP contribution in [0.4, 0.5) is 13.2 Å². The molecule has 0 aromatic rings. The summed E-state index contributed by atoms with van der Waals surface area (Å²) in [7, 11) is -4.12. The third-order valence-corrected chi connectivity index (χ3v) is 3.10. The van der Waals surface area contributed by atoms with E-state index < -0.39 is 25.6 Å². The number of halogens is 3. The Hall–Kier alpha value is -0.0600. The van der Waals surface area contributed by atoms with Gasteiger partial charge in [-0.1, -0.05) is 0 Å². The summed E-state index contributed by atoms with van der Waals surface area (Å²) < 4.78 is 46.8. The Morgan fingerprint density at radius 1 is 1.58 bits per heavy atom. The summed E-state index contributed by atoms with van der Waals surface area (Å²) in [6, 6.07) is 0. The van der Waals surface area contributed by atoms with Crippen LogP contribution in [0.5, 0.6) is 0 Å². The van der Waals surface area contributed by atoms with Gasteiger partial charge in [0, 0.05) is 6.66 Å². The zero-order valence-corrected chi connectivity index (χ0v) is 7.40. The molecule has 3 N–H and O–H groups in total. The maximum atomic E-state index is 12.0. The number of alkyl halides is 3. The van der Waals surface area contributed by atoms with Crippen molar-refractivity contribution >= 4 is 7.37 Å². The zero-order valence-electron chi connectivity index (χ0n) is 6.51. The van der Waals surface area contributed by atoms with E-state index in [1.807, 2.05) is 0 Å². The summed E-state index contributed by atoms with van der Waals surface area (Å²) >= 11 is 0. The van der Waals surface area contributed by atoms with Crippen LogP contribution >= 0.6 is 7.37 Å². The largest absolute Gasteiger partial charge is 0.400 e. The molecule has 0 saturated carbocycles. The lowest BCUT2D eigenvalue weighted by Crippen LogP contribution is -2.30. The van der Waals surface area contributed by atoms with Crippen LogP contribution in [-0.2, 0) is 4.57 Å². The molecule has 0 amide bonds. The summed E-state index contributed by atoms with van der Waals surface area (Å²) in [6.07, 6.45) is -5.15. The molecule has 0 aromatic heterocycles. The molecule has 2 atom stereocenters. The molecular weight excluding hydrogens is 194 g/mol. The third-order valence-electron chi connectivity index (χ3n) is 1.40. The van der Waals surface area contributed by atoms with Gasteiger partial charge >= 0.3 is 6.18 Å². The van der Waals surface area contributed by atoms with Crippen LogP contribution in [0.25, 0.3) is 0 Å². The Morgan fingerprint density at radius 2 is 2.00 bits per heavy atom. The van der Waals surface area contributed by atoms with Gasteiger partial charge in [0.1, 0.15) is 5.66 Å². The quantitative estimate of drug-likeness (QED) is 0.679. The van der Waals surface area contributed by atoms with Crippen LogP contribution < -0.4 is 5.73 Å². The van der Waals surface area contributed by atoms with E-state index in [-0.39, 0.29) is 6.54 Å². The van der Waals surface area contributed by atoms with Crippen molar-refractivity contribution in [2.45, 2.75) is 18.3 Å². The second-order valence-corrected chi connectivity index (χ2v) is 5.09. The fraction of sp³-hybridized carbons (Fsp3) is 1.00. The van der Waals surface area contributed by atoms with Crippen LogP contribution in [0.15, 0.2) is 0 Å². The molecular formula is C5H11F3NO2P. The molecule has 0 bridgehead atoms. The molecule has 0 aliphatic carbocycles. The molecule has 0 aliphatic heterocycles. The number of nitrogens with two attached hydrogens (primary N) is 1. The van der Waals surface area contributed by atoms with Gasteiger partial charge < -0.3 is 10.6 Å². The highest BCUT2D eigenvalue weighted by molar-refractivity contribution is 7.58. The van der Waals surface area contributed by atoms with Crippen molar-refractivity contribution in [1.29, 1.82) is 0 Å². The molecule has 0 radical (unpaired) electrons.